The summed E-state index contributed by atoms with van der Waals surface area (Å²) in [6.45, 7) is 9.93. The lowest BCUT2D eigenvalue weighted by Crippen LogP contribution is -2.15. The average Bonchev–Trinajstić information content (AvgIpc) is 2.29. The topological polar surface area (TPSA) is 47.0 Å². The second-order valence-corrected chi connectivity index (χ2v) is 3.54. The van der Waals surface area contributed by atoms with Crippen molar-refractivity contribution in [1.29, 1.82) is 0 Å². The maximum absolute atomic E-state index is 5.26. The third kappa shape index (κ3) is 3.98. The second-order valence-electron chi connectivity index (χ2n) is 3.54. The molecule has 0 aliphatic carbocycles. The minimum absolute atomic E-state index is 0.414. The molecule has 0 radical (unpaired) electrons. The summed E-state index contributed by atoms with van der Waals surface area (Å²) in [5.41, 5.74) is 2.07. The van der Waals surface area contributed by atoms with Crippen LogP contribution < -0.4 is 10.1 Å². The molecule has 1 heterocycles. The van der Waals surface area contributed by atoms with Gasteiger partial charge in [-0.1, -0.05) is 19.6 Å². The number of aromatic nitrogens is 2. The Morgan fingerprint density at radius 2 is 2.38 bits per heavy atom. The van der Waals surface area contributed by atoms with E-state index in [9.17, 15) is 0 Å². The van der Waals surface area contributed by atoms with Gasteiger partial charge in [-0.3, -0.25) is 0 Å². The third-order valence-corrected chi connectivity index (χ3v) is 2.13. The van der Waals surface area contributed by atoms with Gasteiger partial charge in [0.15, 0.2) is 0 Å². The van der Waals surface area contributed by atoms with E-state index in [1.54, 1.807) is 6.08 Å². The molecule has 0 unspecified atom stereocenters. The average molecular weight is 221 g/mol. The molecular weight excluding hydrogens is 202 g/mol. The first-order chi connectivity index (χ1) is 7.77. The molecule has 4 nitrogen and oxygen atoms in total. The lowest BCUT2D eigenvalue weighted by molar-refractivity contribution is 0.331. The highest BCUT2D eigenvalue weighted by molar-refractivity contribution is 5.17. The largest absolute Gasteiger partial charge is 0.459 e. The fraction of sp³-hybridized carbons (Fsp3) is 0.500. The normalized spacial score (nSPS) is 10.1. The Morgan fingerprint density at radius 3 is 3.00 bits per heavy atom. The van der Waals surface area contributed by atoms with E-state index in [2.05, 4.69) is 28.8 Å². The van der Waals surface area contributed by atoms with Gasteiger partial charge in [0.2, 0.25) is 0 Å². The monoisotopic (exact) mass is 221 g/mol. The zero-order chi connectivity index (χ0) is 11.8. The van der Waals surface area contributed by atoms with Crippen LogP contribution in [-0.4, -0.2) is 23.1 Å². The van der Waals surface area contributed by atoms with Crippen LogP contribution in [0.5, 0.6) is 6.01 Å². The molecule has 0 aliphatic rings. The number of nitrogens with one attached hydrogen (secondary N) is 1. The van der Waals surface area contributed by atoms with Gasteiger partial charge in [-0.15, -0.1) is 0 Å². The van der Waals surface area contributed by atoms with E-state index in [0.29, 0.717) is 12.6 Å². The van der Waals surface area contributed by atoms with E-state index in [0.717, 1.165) is 30.8 Å². The van der Waals surface area contributed by atoms with Crippen LogP contribution in [0.15, 0.2) is 18.9 Å². The van der Waals surface area contributed by atoms with Crippen LogP contribution in [0.2, 0.25) is 0 Å². The minimum atomic E-state index is 0.414. The fourth-order valence-electron chi connectivity index (χ4n) is 1.25. The summed E-state index contributed by atoms with van der Waals surface area (Å²) in [4.78, 5) is 8.40. The molecule has 1 aromatic rings. The molecule has 0 atom stereocenters. The van der Waals surface area contributed by atoms with Crippen molar-refractivity contribution in [3.8, 4) is 6.01 Å². The van der Waals surface area contributed by atoms with Crippen molar-refractivity contribution in [2.75, 3.05) is 13.2 Å². The second kappa shape index (κ2) is 6.95. The number of rotatable bonds is 7. The van der Waals surface area contributed by atoms with E-state index in [4.69, 9.17) is 4.74 Å². The van der Waals surface area contributed by atoms with Crippen molar-refractivity contribution < 1.29 is 4.74 Å². The van der Waals surface area contributed by atoms with Gasteiger partial charge < -0.3 is 10.1 Å². The predicted molar refractivity (Wildman–Crippen MR) is 64.5 cm³/mol. The molecule has 1 N–H and O–H groups in total. The Labute approximate surface area is 96.8 Å². The van der Waals surface area contributed by atoms with Crippen LogP contribution in [0.25, 0.3) is 0 Å². The summed E-state index contributed by atoms with van der Waals surface area (Å²) in [6, 6.07) is 0.414. The highest BCUT2D eigenvalue weighted by Crippen LogP contribution is 2.08. The van der Waals surface area contributed by atoms with Gasteiger partial charge >= 0.3 is 6.01 Å². The molecule has 0 aliphatic heterocycles. The van der Waals surface area contributed by atoms with Crippen molar-refractivity contribution in [3.05, 3.63) is 30.1 Å². The lowest BCUT2D eigenvalue weighted by Gasteiger charge is -2.07. The van der Waals surface area contributed by atoms with Crippen molar-refractivity contribution in [3.63, 3.8) is 0 Å². The first-order valence-electron chi connectivity index (χ1n) is 5.54. The van der Waals surface area contributed by atoms with Gasteiger partial charge in [-0.25, -0.2) is 9.97 Å². The molecule has 4 heteroatoms. The Hall–Kier alpha value is -1.42. The number of hydrogen-bond acceptors (Lipinski definition) is 4. The van der Waals surface area contributed by atoms with Gasteiger partial charge in [-0.05, 0) is 19.9 Å². The van der Waals surface area contributed by atoms with Gasteiger partial charge in [0.25, 0.3) is 0 Å². The Balaban J connectivity index is 2.56. The van der Waals surface area contributed by atoms with Crippen molar-refractivity contribution >= 4 is 0 Å². The fourth-order valence-corrected chi connectivity index (χ4v) is 1.25. The zero-order valence-corrected chi connectivity index (χ0v) is 9.99. The predicted octanol–water partition coefficient (Wildman–Crippen LogP) is 1.85. The van der Waals surface area contributed by atoms with Crippen LogP contribution >= 0.6 is 0 Å². The summed E-state index contributed by atoms with van der Waals surface area (Å²) in [6.07, 6.45) is 4.61. The molecule has 0 amide bonds. The molecule has 88 valence electrons. The zero-order valence-electron chi connectivity index (χ0n) is 9.99. The molecule has 1 aromatic heterocycles. The molecule has 0 fully saturated rings. The highest BCUT2D eigenvalue weighted by atomic mass is 16.5. The maximum Gasteiger partial charge on any atom is 0.316 e. The maximum atomic E-state index is 5.26. The molecule has 16 heavy (non-hydrogen) atoms. The van der Waals surface area contributed by atoms with Crippen molar-refractivity contribution in [2.45, 2.75) is 26.8 Å². The van der Waals surface area contributed by atoms with Gasteiger partial charge in [-0.2, -0.15) is 0 Å². The van der Waals surface area contributed by atoms with Gasteiger partial charge in [0, 0.05) is 24.0 Å². The lowest BCUT2D eigenvalue weighted by atomic mass is 10.2. The summed E-state index contributed by atoms with van der Waals surface area (Å²) in [5, 5.41) is 3.32. The minimum Gasteiger partial charge on any atom is -0.459 e. The smallest absolute Gasteiger partial charge is 0.316 e. The summed E-state index contributed by atoms with van der Waals surface area (Å²) >= 11 is 0. The summed E-state index contributed by atoms with van der Waals surface area (Å²) < 4.78 is 5.26. The van der Waals surface area contributed by atoms with Crippen LogP contribution in [0, 0.1) is 6.92 Å². The van der Waals surface area contributed by atoms with Crippen LogP contribution in [0.1, 0.15) is 24.6 Å². The molecule has 1 rings (SSSR count). The highest BCUT2D eigenvalue weighted by Gasteiger charge is 2.03. The molecule has 0 aromatic carbocycles. The summed E-state index contributed by atoms with van der Waals surface area (Å²) in [5.74, 6) is 0. The molecular formula is C12H19N3O. The molecule has 0 bridgehead atoms. The number of nitrogens with zero attached hydrogens (tertiary/aromatic N) is 2. The Kier molecular flexibility index (Phi) is 5.50. The summed E-state index contributed by atoms with van der Waals surface area (Å²) in [7, 11) is 0. The molecule has 0 saturated carbocycles. The van der Waals surface area contributed by atoms with E-state index in [1.807, 2.05) is 13.1 Å². The third-order valence-electron chi connectivity index (χ3n) is 2.13. The SMILES string of the molecule is C=CCOc1ncc(CNCCC)c(C)n1. The van der Waals surface area contributed by atoms with Crippen LogP contribution in [-0.2, 0) is 6.54 Å². The first-order valence-corrected chi connectivity index (χ1v) is 5.54. The standard InChI is InChI=1S/C12H19N3O/c1-4-6-13-8-11-9-14-12(15-10(11)3)16-7-5-2/h5,9,13H,2,4,6-8H2,1,3H3. The number of hydrogen-bond donors (Lipinski definition) is 1. The molecule has 0 saturated heterocycles. The van der Waals surface area contributed by atoms with Gasteiger partial charge in [0.1, 0.15) is 6.61 Å². The van der Waals surface area contributed by atoms with E-state index in [1.165, 1.54) is 0 Å². The van der Waals surface area contributed by atoms with Crippen molar-refractivity contribution in [1.82, 2.24) is 15.3 Å². The molecule has 0 spiro atoms. The van der Waals surface area contributed by atoms with E-state index >= 15 is 0 Å². The Morgan fingerprint density at radius 1 is 1.56 bits per heavy atom. The van der Waals surface area contributed by atoms with Crippen LogP contribution in [0.3, 0.4) is 0 Å². The quantitative estimate of drug-likeness (QED) is 0.564. The number of ether oxygens (including phenoxy) is 1. The first kappa shape index (κ1) is 12.6. The van der Waals surface area contributed by atoms with Crippen molar-refractivity contribution in [2.24, 2.45) is 0 Å². The van der Waals surface area contributed by atoms with E-state index < -0.39 is 0 Å². The van der Waals surface area contributed by atoms with E-state index in [-0.39, 0.29) is 0 Å². The van der Waals surface area contributed by atoms with Crippen LogP contribution in [0.4, 0.5) is 0 Å². The van der Waals surface area contributed by atoms with Gasteiger partial charge in [0.05, 0.1) is 0 Å². The number of aryl methyl sites for hydroxylation is 1. The Bertz CT molecular complexity index is 339.